The van der Waals surface area contributed by atoms with E-state index in [4.69, 9.17) is 0 Å². The molecule has 0 saturated heterocycles. The van der Waals surface area contributed by atoms with E-state index >= 15 is 0 Å². The third-order valence-electron chi connectivity index (χ3n) is 3.42. The van der Waals surface area contributed by atoms with E-state index in [2.05, 4.69) is 38.3 Å². The smallest absolute Gasteiger partial charge is 0.251 e. The van der Waals surface area contributed by atoms with Crippen LogP contribution in [0, 0.1) is 5.92 Å². The number of benzene rings is 1. The second kappa shape index (κ2) is 9.56. The predicted octanol–water partition coefficient (Wildman–Crippen LogP) is 3.74. The average Bonchev–Trinajstić information content (AvgIpc) is 2.44. The highest BCUT2D eigenvalue weighted by Crippen LogP contribution is 2.07. The quantitative estimate of drug-likeness (QED) is 0.680. The van der Waals surface area contributed by atoms with E-state index in [1.54, 1.807) is 0 Å². The van der Waals surface area contributed by atoms with Gasteiger partial charge in [-0.1, -0.05) is 52.7 Å². The van der Waals surface area contributed by atoms with Crippen LogP contribution >= 0.6 is 0 Å². The first-order valence-corrected chi connectivity index (χ1v) is 8.09. The fourth-order valence-corrected chi connectivity index (χ4v) is 2.08. The van der Waals surface area contributed by atoms with Gasteiger partial charge in [-0.25, -0.2) is 0 Å². The Morgan fingerprint density at radius 2 is 1.71 bits per heavy atom. The number of nitrogens with one attached hydrogen (secondary N) is 2. The molecule has 0 aliphatic carbocycles. The van der Waals surface area contributed by atoms with Gasteiger partial charge in [-0.3, -0.25) is 4.79 Å². The summed E-state index contributed by atoms with van der Waals surface area (Å²) >= 11 is 0. The van der Waals surface area contributed by atoms with E-state index in [0.717, 1.165) is 31.0 Å². The summed E-state index contributed by atoms with van der Waals surface area (Å²) in [5.41, 5.74) is 1.95. The van der Waals surface area contributed by atoms with Crippen LogP contribution in [0.3, 0.4) is 0 Å². The molecule has 0 aliphatic heterocycles. The van der Waals surface area contributed by atoms with Gasteiger partial charge in [0.1, 0.15) is 0 Å². The summed E-state index contributed by atoms with van der Waals surface area (Å²) in [4.78, 5) is 12.0. The van der Waals surface area contributed by atoms with Crippen molar-refractivity contribution in [3.63, 3.8) is 0 Å². The van der Waals surface area contributed by atoms with Crippen LogP contribution in [0.1, 0.15) is 62.9 Å². The molecule has 1 aromatic carbocycles. The van der Waals surface area contributed by atoms with Gasteiger partial charge in [0.25, 0.3) is 5.91 Å². The molecular weight excluding hydrogens is 260 g/mol. The molecule has 0 saturated carbocycles. The Morgan fingerprint density at radius 3 is 2.29 bits per heavy atom. The van der Waals surface area contributed by atoms with Crippen LogP contribution in [0.5, 0.6) is 0 Å². The number of unbranched alkanes of at least 4 members (excludes halogenated alkanes) is 1. The Hall–Kier alpha value is -1.35. The van der Waals surface area contributed by atoms with E-state index < -0.39 is 0 Å². The number of amides is 1. The second-order valence-electron chi connectivity index (χ2n) is 6.38. The summed E-state index contributed by atoms with van der Waals surface area (Å²) in [7, 11) is 0. The van der Waals surface area contributed by atoms with Gasteiger partial charge in [-0.2, -0.15) is 0 Å². The lowest BCUT2D eigenvalue weighted by atomic mass is 10.1. The topological polar surface area (TPSA) is 41.1 Å². The summed E-state index contributed by atoms with van der Waals surface area (Å²) in [5, 5.41) is 6.36. The van der Waals surface area contributed by atoms with Gasteiger partial charge >= 0.3 is 0 Å². The highest BCUT2D eigenvalue weighted by molar-refractivity contribution is 5.94. The number of carbonyl (C=O) groups excluding carboxylic acids is 1. The summed E-state index contributed by atoms with van der Waals surface area (Å²) in [6.07, 6.45) is 3.46. The maximum absolute atomic E-state index is 12.0. The van der Waals surface area contributed by atoms with Gasteiger partial charge in [-0.15, -0.1) is 0 Å². The van der Waals surface area contributed by atoms with Gasteiger partial charge in [0.2, 0.25) is 0 Å². The molecule has 0 heterocycles. The third kappa shape index (κ3) is 7.86. The monoisotopic (exact) mass is 290 g/mol. The standard InChI is InChI=1S/C18H30N2O/c1-14(2)7-5-6-12-19-18(21)17-10-8-16(9-11-17)13-20-15(3)4/h8-11,14-15,20H,5-7,12-13H2,1-4H3,(H,19,21). The molecule has 1 rings (SSSR count). The minimum atomic E-state index is 0.0305. The average molecular weight is 290 g/mol. The molecule has 0 spiro atoms. The van der Waals surface area contributed by atoms with Crippen LogP contribution in [-0.2, 0) is 6.54 Å². The highest BCUT2D eigenvalue weighted by atomic mass is 16.1. The van der Waals surface area contributed by atoms with Crippen LogP contribution in [-0.4, -0.2) is 18.5 Å². The molecule has 0 atom stereocenters. The van der Waals surface area contributed by atoms with E-state index in [-0.39, 0.29) is 5.91 Å². The van der Waals surface area contributed by atoms with E-state index in [0.29, 0.717) is 6.04 Å². The largest absolute Gasteiger partial charge is 0.352 e. The van der Waals surface area contributed by atoms with E-state index in [1.807, 2.05) is 24.3 Å². The lowest BCUT2D eigenvalue weighted by molar-refractivity contribution is 0.0953. The van der Waals surface area contributed by atoms with Crippen LogP contribution in [0.4, 0.5) is 0 Å². The number of hydrogen-bond acceptors (Lipinski definition) is 2. The zero-order valence-electron chi connectivity index (χ0n) is 13.9. The molecule has 0 radical (unpaired) electrons. The molecule has 0 aromatic heterocycles. The summed E-state index contributed by atoms with van der Waals surface area (Å²) in [6, 6.07) is 8.31. The molecule has 2 N–H and O–H groups in total. The minimum Gasteiger partial charge on any atom is -0.352 e. The first-order valence-electron chi connectivity index (χ1n) is 8.09. The first kappa shape index (κ1) is 17.7. The molecule has 0 fully saturated rings. The van der Waals surface area contributed by atoms with Crippen LogP contribution in [0.2, 0.25) is 0 Å². The molecule has 1 aromatic rings. The third-order valence-corrected chi connectivity index (χ3v) is 3.42. The molecule has 0 aliphatic rings. The molecule has 1 amide bonds. The van der Waals surface area contributed by atoms with Crippen molar-refractivity contribution in [3.05, 3.63) is 35.4 Å². The molecule has 0 unspecified atom stereocenters. The Balaban J connectivity index is 2.30. The van der Waals surface area contributed by atoms with Gasteiger partial charge in [0, 0.05) is 24.7 Å². The molecule has 118 valence electrons. The van der Waals surface area contributed by atoms with E-state index in [9.17, 15) is 4.79 Å². The molecule has 3 heteroatoms. The lowest BCUT2D eigenvalue weighted by Crippen LogP contribution is -2.24. The van der Waals surface area contributed by atoms with Crippen molar-refractivity contribution < 1.29 is 4.79 Å². The van der Waals surface area contributed by atoms with Crippen molar-refractivity contribution in [1.29, 1.82) is 0 Å². The molecule has 3 nitrogen and oxygen atoms in total. The Kier molecular flexibility index (Phi) is 8.06. The number of rotatable bonds is 9. The normalized spacial score (nSPS) is 11.1. The number of hydrogen-bond donors (Lipinski definition) is 2. The maximum Gasteiger partial charge on any atom is 0.251 e. The molecule has 21 heavy (non-hydrogen) atoms. The van der Waals surface area contributed by atoms with Gasteiger partial charge < -0.3 is 10.6 Å². The fourth-order valence-electron chi connectivity index (χ4n) is 2.08. The van der Waals surface area contributed by atoms with Crippen LogP contribution < -0.4 is 10.6 Å². The summed E-state index contributed by atoms with van der Waals surface area (Å²) in [6.45, 7) is 10.3. The Bertz CT molecular complexity index is 410. The summed E-state index contributed by atoms with van der Waals surface area (Å²) in [5.74, 6) is 0.774. The highest BCUT2D eigenvalue weighted by Gasteiger charge is 2.05. The van der Waals surface area contributed by atoms with E-state index in [1.165, 1.54) is 18.4 Å². The van der Waals surface area contributed by atoms with Crippen molar-refractivity contribution in [2.24, 2.45) is 5.92 Å². The lowest BCUT2D eigenvalue weighted by Gasteiger charge is -2.09. The maximum atomic E-state index is 12.0. The minimum absolute atomic E-state index is 0.0305. The SMILES string of the molecule is CC(C)CCCCNC(=O)c1ccc(CNC(C)C)cc1. The van der Waals surface area contributed by atoms with Crippen molar-refractivity contribution in [2.75, 3.05) is 6.54 Å². The second-order valence-corrected chi connectivity index (χ2v) is 6.38. The molecular formula is C18H30N2O. The van der Waals surface area contributed by atoms with Crippen molar-refractivity contribution in [2.45, 2.75) is 59.5 Å². The fraction of sp³-hybridized carbons (Fsp3) is 0.611. The summed E-state index contributed by atoms with van der Waals surface area (Å²) < 4.78 is 0. The Labute approximate surface area is 129 Å². The van der Waals surface area contributed by atoms with Crippen LogP contribution in [0.15, 0.2) is 24.3 Å². The van der Waals surface area contributed by atoms with Crippen molar-refractivity contribution in [1.82, 2.24) is 10.6 Å². The van der Waals surface area contributed by atoms with Crippen molar-refractivity contribution >= 4 is 5.91 Å². The van der Waals surface area contributed by atoms with Gasteiger partial charge in [-0.05, 0) is 30.0 Å². The van der Waals surface area contributed by atoms with Gasteiger partial charge in [0.05, 0.1) is 0 Å². The van der Waals surface area contributed by atoms with Crippen LogP contribution in [0.25, 0.3) is 0 Å². The zero-order chi connectivity index (χ0) is 15.7. The predicted molar refractivity (Wildman–Crippen MR) is 89.4 cm³/mol. The van der Waals surface area contributed by atoms with Gasteiger partial charge in [0.15, 0.2) is 0 Å². The molecule has 0 bridgehead atoms. The first-order chi connectivity index (χ1) is 9.99. The Morgan fingerprint density at radius 1 is 1.05 bits per heavy atom. The number of carbonyl (C=O) groups is 1. The zero-order valence-corrected chi connectivity index (χ0v) is 13.9. The van der Waals surface area contributed by atoms with Crippen molar-refractivity contribution in [3.8, 4) is 0 Å².